The second-order valence-electron chi connectivity index (χ2n) is 3.55. The summed E-state index contributed by atoms with van der Waals surface area (Å²) in [7, 11) is 0. The first kappa shape index (κ1) is 10.0. The summed E-state index contributed by atoms with van der Waals surface area (Å²) in [5, 5.41) is 2.53. The summed E-state index contributed by atoms with van der Waals surface area (Å²) in [6, 6.07) is 12.7. The quantitative estimate of drug-likeness (QED) is 0.732. The van der Waals surface area contributed by atoms with Crippen LogP contribution in [-0.2, 0) is 6.42 Å². The predicted molar refractivity (Wildman–Crippen MR) is 64.5 cm³/mol. The molecule has 2 aromatic carbocycles. The molecule has 0 radical (unpaired) electrons. The van der Waals surface area contributed by atoms with E-state index in [0.29, 0.717) is 0 Å². The number of benzene rings is 2. The van der Waals surface area contributed by atoms with Crippen molar-refractivity contribution in [3.05, 3.63) is 42.0 Å². The van der Waals surface area contributed by atoms with Crippen molar-refractivity contribution in [2.45, 2.75) is 20.3 Å². The highest BCUT2D eigenvalue weighted by Gasteiger charge is 2.04. The molecule has 0 bridgehead atoms. The van der Waals surface area contributed by atoms with Crippen LogP contribution >= 0.6 is 0 Å². The average molecular weight is 200 g/mol. The molecule has 78 valence electrons. The number of hydrogen-bond acceptors (Lipinski definition) is 1. The maximum atomic E-state index is 5.62. The Morgan fingerprint density at radius 2 is 1.67 bits per heavy atom. The van der Waals surface area contributed by atoms with Crippen molar-refractivity contribution < 1.29 is 4.74 Å². The summed E-state index contributed by atoms with van der Waals surface area (Å²) in [5.74, 6) is 0.991. The van der Waals surface area contributed by atoms with Crippen molar-refractivity contribution in [2.75, 3.05) is 6.61 Å². The summed E-state index contributed by atoms with van der Waals surface area (Å²) in [4.78, 5) is 0. The molecule has 0 amide bonds. The van der Waals surface area contributed by atoms with Crippen LogP contribution in [0.5, 0.6) is 5.75 Å². The van der Waals surface area contributed by atoms with E-state index in [0.717, 1.165) is 18.8 Å². The molecule has 0 spiro atoms. The first-order valence-corrected chi connectivity index (χ1v) is 5.50. The van der Waals surface area contributed by atoms with Gasteiger partial charge in [0.2, 0.25) is 0 Å². The minimum Gasteiger partial charge on any atom is -0.493 e. The van der Waals surface area contributed by atoms with E-state index in [9.17, 15) is 0 Å². The number of aryl methyl sites for hydroxylation is 1. The highest BCUT2D eigenvalue weighted by molar-refractivity contribution is 5.91. The standard InChI is InChI=1S/C14H16O/c1-3-11-9-10-14(15-4-2)13-8-6-5-7-12(11)13/h5-10H,3-4H2,1-2H3. The molecule has 2 rings (SSSR count). The van der Waals surface area contributed by atoms with E-state index in [1.165, 1.54) is 16.3 Å². The van der Waals surface area contributed by atoms with Crippen molar-refractivity contribution in [1.29, 1.82) is 0 Å². The fourth-order valence-electron chi connectivity index (χ4n) is 1.92. The second kappa shape index (κ2) is 4.35. The molecule has 2 aromatic rings. The maximum Gasteiger partial charge on any atom is 0.127 e. The highest BCUT2D eigenvalue weighted by atomic mass is 16.5. The van der Waals surface area contributed by atoms with Gasteiger partial charge in [0, 0.05) is 5.39 Å². The third kappa shape index (κ3) is 1.82. The van der Waals surface area contributed by atoms with E-state index in [-0.39, 0.29) is 0 Å². The molecule has 1 heteroatoms. The summed E-state index contributed by atoms with van der Waals surface area (Å²) >= 11 is 0. The number of rotatable bonds is 3. The van der Waals surface area contributed by atoms with E-state index >= 15 is 0 Å². The average Bonchev–Trinajstić information content (AvgIpc) is 2.30. The smallest absolute Gasteiger partial charge is 0.127 e. The second-order valence-corrected chi connectivity index (χ2v) is 3.55. The maximum absolute atomic E-state index is 5.62. The lowest BCUT2D eigenvalue weighted by Crippen LogP contribution is -1.93. The molecule has 0 aliphatic rings. The summed E-state index contributed by atoms with van der Waals surface area (Å²) in [6.07, 6.45) is 1.06. The van der Waals surface area contributed by atoms with Gasteiger partial charge >= 0.3 is 0 Å². The van der Waals surface area contributed by atoms with Crippen LogP contribution in [0.2, 0.25) is 0 Å². The Morgan fingerprint density at radius 1 is 0.933 bits per heavy atom. The van der Waals surface area contributed by atoms with Gasteiger partial charge in [-0.15, -0.1) is 0 Å². The lowest BCUT2D eigenvalue weighted by molar-refractivity contribution is 0.344. The van der Waals surface area contributed by atoms with Crippen LogP contribution in [0.25, 0.3) is 10.8 Å². The Bertz CT molecular complexity index is 460. The summed E-state index contributed by atoms with van der Waals surface area (Å²) in [5.41, 5.74) is 1.38. The fraction of sp³-hybridized carbons (Fsp3) is 0.286. The molecule has 0 aromatic heterocycles. The van der Waals surface area contributed by atoms with E-state index < -0.39 is 0 Å². The van der Waals surface area contributed by atoms with Gasteiger partial charge in [0.25, 0.3) is 0 Å². The molecular weight excluding hydrogens is 184 g/mol. The molecule has 0 saturated heterocycles. The van der Waals surface area contributed by atoms with Gasteiger partial charge in [0.1, 0.15) is 5.75 Å². The van der Waals surface area contributed by atoms with Crippen LogP contribution < -0.4 is 4.74 Å². The van der Waals surface area contributed by atoms with Crippen LogP contribution in [0, 0.1) is 0 Å². The third-order valence-corrected chi connectivity index (χ3v) is 2.66. The predicted octanol–water partition coefficient (Wildman–Crippen LogP) is 3.80. The SMILES string of the molecule is CCOc1ccc(CC)c2ccccc12. The third-order valence-electron chi connectivity index (χ3n) is 2.66. The summed E-state index contributed by atoms with van der Waals surface area (Å²) < 4.78 is 5.62. The van der Waals surface area contributed by atoms with E-state index in [4.69, 9.17) is 4.74 Å². The van der Waals surface area contributed by atoms with Gasteiger partial charge in [-0.25, -0.2) is 0 Å². The molecule has 0 heterocycles. The molecule has 0 fully saturated rings. The Morgan fingerprint density at radius 3 is 2.33 bits per heavy atom. The van der Waals surface area contributed by atoms with Crippen molar-refractivity contribution in [3.8, 4) is 5.75 Å². The van der Waals surface area contributed by atoms with Gasteiger partial charge < -0.3 is 4.74 Å². The van der Waals surface area contributed by atoms with Crippen LogP contribution in [0.3, 0.4) is 0 Å². The molecule has 0 aliphatic heterocycles. The molecule has 0 atom stereocenters. The van der Waals surface area contributed by atoms with Gasteiger partial charge in [0.15, 0.2) is 0 Å². The summed E-state index contributed by atoms with van der Waals surface area (Å²) in [6.45, 7) is 4.92. The number of hydrogen-bond donors (Lipinski definition) is 0. The van der Waals surface area contributed by atoms with Crippen molar-refractivity contribution in [1.82, 2.24) is 0 Å². The zero-order chi connectivity index (χ0) is 10.7. The highest BCUT2D eigenvalue weighted by Crippen LogP contribution is 2.28. The zero-order valence-corrected chi connectivity index (χ0v) is 9.29. The Labute approximate surface area is 90.7 Å². The van der Waals surface area contributed by atoms with E-state index in [2.05, 4.69) is 43.3 Å². The van der Waals surface area contributed by atoms with Crippen molar-refractivity contribution in [2.24, 2.45) is 0 Å². The van der Waals surface area contributed by atoms with Gasteiger partial charge in [-0.1, -0.05) is 37.3 Å². The minimum absolute atomic E-state index is 0.718. The lowest BCUT2D eigenvalue weighted by atomic mass is 10.0. The molecule has 0 saturated carbocycles. The topological polar surface area (TPSA) is 9.23 Å². The molecular formula is C14H16O. The van der Waals surface area contributed by atoms with Crippen molar-refractivity contribution in [3.63, 3.8) is 0 Å². The number of fused-ring (bicyclic) bond motifs is 1. The Balaban J connectivity index is 2.66. The molecule has 15 heavy (non-hydrogen) atoms. The van der Waals surface area contributed by atoms with E-state index in [1.807, 2.05) is 6.92 Å². The van der Waals surface area contributed by atoms with Crippen LogP contribution in [-0.4, -0.2) is 6.61 Å². The normalized spacial score (nSPS) is 10.5. The zero-order valence-electron chi connectivity index (χ0n) is 9.29. The first-order chi connectivity index (χ1) is 7.36. The molecule has 1 nitrogen and oxygen atoms in total. The Kier molecular flexibility index (Phi) is 2.91. The molecule has 0 N–H and O–H groups in total. The van der Waals surface area contributed by atoms with Gasteiger partial charge in [0.05, 0.1) is 6.61 Å². The van der Waals surface area contributed by atoms with Crippen molar-refractivity contribution >= 4 is 10.8 Å². The first-order valence-electron chi connectivity index (χ1n) is 5.50. The molecule has 0 aliphatic carbocycles. The van der Waals surface area contributed by atoms with Gasteiger partial charge in [-0.05, 0) is 30.4 Å². The van der Waals surface area contributed by atoms with Crippen LogP contribution in [0.1, 0.15) is 19.4 Å². The monoisotopic (exact) mass is 200 g/mol. The Hall–Kier alpha value is -1.50. The van der Waals surface area contributed by atoms with Crippen LogP contribution in [0.15, 0.2) is 36.4 Å². The van der Waals surface area contributed by atoms with Gasteiger partial charge in [-0.3, -0.25) is 0 Å². The molecule has 0 unspecified atom stereocenters. The van der Waals surface area contributed by atoms with Gasteiger partial charge in [-0.2, -0.15) is 0 Å². The number of ether oxygens (including phenoxy) is 1. The minimum atomic E-state index is 0.718. The largest absolute Gasteiger partial charge is 0.493 e. The van der Waals surface area contributed by atoms with Crippen LogP contribution in [0.4, 0.5) is 0 Å². The fourth-order valence-corrected chi connectivity index (χ4v) is 1.92. The van der Waals surface area contributed by atoms with E-state index in [1.54, 1.807) is 0 Å². The lowest BCUT2D eigenvalue weighted by Gasteiger charge is -2.10.